The van der Waals surface area contributed by atoms with Gasteiger partial charge in [-0.3, -0.25) is 4.79 Å². The Hall–Kier alpha value is -2.15. The molecule has 1 amide bonds. The van der Waals surface area contributed by atoms with Crippen molar-refractivity contribution < 1.29 is 19.4 Å². The molecule has 2 aromatic rings. The molecule has 0 unspecified atom stereocenters. The first-order valence-corrected chi connectivity index (χ1v) is 8.60. The lowest BCUT2D eigenvalue weighted by molar-refractivity contribution is -0.123. The summed E-state index contributed by atoms with van der Waals surface area (Å²) in [5.74, 6) is -0.211. The zero-order valence-electron chi connectivity index (χ0n) is 13.6. The highest BCUT2D eigenvalue weighted by molar-refractivity contribution is 6.43. The van der Waals surface area contributed by atoms with Crippen LogP contribution in [0.5, 0.6) is 17.2 Å². The molecule has 0 spiro atoms. The highest BCUT2D eigenvalue weighted by atomic mass is 35.5. The maximum absolute atomic E-state index is 11.8. The van der Waals surface area contributed by atoms with Gasteiger partial charge < -0.3 is 14.6 Å². The second kappa shape index (κ2) is 9.52. The molecule has 0 saturated heterocycles. The summed E-state index contributed by atoms with van der Waals surface area (Å²) < 4.78 is 10.5. The number of carbonyl (C=O) groups is 1. The van der Waals surface area contributed by atoms with Crippen LogP contribution in [0.4, 0.5) is 0 Å². The molecule has 0 fully saturated rings. The largest absolute Gasteiger partial charge is 0.504 e. The van der Waals surface area contributed by atoms with Crippen LogP contribution in [0.1, 0.15) is 12.5 Å². The van der Waals surface area contributed by atoms with E-state index in [4.69, 9.17) is 44.3 Å². The highest BCUT2D eigenvalue weighted by Crippen LogP contribution is 2.39. The molecule has 2 rings (SSSR count). The first kappa shape index (κ1) is 20.2. The summed E-state index contributed by atoms with van der Waals surface area (Å²) in [5, 5.41) is 14.6. The number of carbonyl (C=O) groups excluding carboxylic acids is 1. The molecule has 0 bridgehead atoms. The molecule has 0 saturated carbocycles. The number of aromatic hydroxyl groups is 1. The Labute approximate surface area is 165 Å². The van der Waals surface area contributed by atoms with Crippen LogP contribution in [-0.2, 0) is 4.79 Å². The smallest absolute Gasteiger partial charge is 0.277 e. The number of halogens is 3. The molecule has 26 heavy (non-hydrogen) atoms. The van der Waals surface area contributed by atoms with Crippen LogP contribution in [0.15, 0.2) is 35.4 Å². The molecule has 0 atom stereocenters. The summed E-state index contributed by atoms with van der Waals surface area (Å²) in [5.41, 5.74) is 2.38. The predicted molar refractivity (Wildman–Crippen MR) is 102 cm³/mol. The summed E-state index contributed by atoms with van der Waals surface area (Å²) in [6.07, 6.45) is 1.17. The van der Waals surface area contributed by atoms with Crippen LogP contribution in [0.3, 0.4) is 0 Å². The number of phenols is 1. The van der Waals surface area contributed by atoms with Crippen molar-refractivity contribution in [3.05, 3.63) is 51.0 Å². The molecule has 0 aliphatic heterocycles. The van der Waals surface area contributed by atoms with Gasteiger partial charge in [-0.1, -0.05) is 46.9 Å². The molecule has 0 aliphatic rings. The number of hydrogen-bond donors (Lipinski definition) is 2. The monoisotopic (exact) mass is 416 g/mol. The Morgan fingerprint density at radius 1 is 1.19 bits per heavy atom. The second-order valence-corrected chi connectivity index (χ2v) is 6.07. The average molecular weight is 418 g/mol. The van der Waals surface area contributed by atoms with Gasteiger partial charge in [0.2, 0.25) is 0 Å². The van der Waals surface area contributed by atoms with E-state index in [9.17, 15) is 9.90 Å². The van der Waals surface area contributed by atoms with Crippen molar-refractivity contribution in [1.82, 2.24) is 5.43 Å². The third-order valence-electron chi connectivity index (χ3n) is 3.07. The quantitative estimate of drug-likeness (QED) is 0.520. The van der Waals surface area contributed by atoms with Crippen LogP contribution in [0, 0.1) is 0 Å². The zero-order valence-corrected chi connectivity index (χ0v) is 15.9. The summed E-state index contributed by atoms with van der Waals surface area (Å²) in [6, 6.07) is 8.16. The molecule has 138 valence electrons. The van der Waals surface area contributed by atoms with Gasteiger partial charge in [-0.25, -0.2) is 5.43 Å². The van der Waals surface area contributed by atoms with E-state index in [-0.39, 0.29) is 33.7 Å². The van der Waals surface area contributed by atoms with E-state index in [0.717, 1.165) is 0 Å². The minimum atomic E-state index is -0.524. The minimum absolute atomic E-state index is 0.0814. The molecule has 2 aromatic carbocycles. The van der Waals surface area contributed by atoms with Crippen LogP contribution in [-0.4, -0.2) is 30.4 Å². The van der Waals surface area contributed by atoms with Crippen molar-refractivity contribution in [2.24, 2.45) is 5.10 Å². The topological polar surface area (TPSA) is 80.2 Å². The molecule has 9 heteroatoms. The number of nitrogens with zero attached hydrogens (tertiary/aromatic N) is 1. The van der Waals surface area contributed by atoms with Gasteiger partial charge in [0.15, 0.2) is 18.1 Å². The van der Waals surface area contributed by atoms with E-state index in [0.29, 0.717) is 17.4 Å². The van der Waals surface area contributed by atoms with Crippen molar-refractivity contribution in [2.75, 3.05) is 13.2 Å². The number of nitrogens with one attached hydrogen (secondary N) is 1. The molecule has 6 nitrogen and oxygen atoms in total. The van der Waals surface area contributed by atoms with Crippen molar-refractivity contribution in [3.8, 4) is 17.2 Å². The average Bonchev–Trinajstić information content (AvgIpc) is 2.62. The minimum Gasteiger partial charge on any atom is -0.504 e. The van der Waals surface area contributed by atoms with E-state index >= 15 is 0 Å². The van der Waals surface area contributed by atoms with Crippen LogP contribution < -0.4 is 14.9 Å². The number of ether oxygens (including phenoxy) is 2. The first-order valence-electron chi connectivity index (χ1n) is 7.47. The van der Waals surface area contributed by atoms with Crippen LogP contribution in [0.25, 0.3) is 0 Å². The fourth-order valence-corrected chi connectivity index (χ4v) is 2.49. The number of hydrogen-bond acceptors (Lipinski definition) is 5. The Morgan fingerprint density at radius 2 is 1.92 bits per heavy atom. The number of rotatable bonds is 7. The lowest BCUT2D eigenvalue weighted by Crippen LogP contribution is -2.24. The Balaban J connectivity index is 2.01. The number of benzene rings is 2. The lowest BCUT2D eigenvalue weighted by atomic mass is 10.2. The van der Waals surface area contributed by atoms with Gasteiger partial charge in [0.05, 0.1) is 33.5 Å². The normalized spacial score (nSPS) is 10.8. The number of hydrazone groups is 1. The third kappa shape index (κ3) is 5.17. The maximum Gasteiger partial charge on any atom is 0.277 e. The highest BCUT2D eigenvalue weighted by Gasteiger charge is 2.15. The summed E-state index contributed by atoms with van der Waals surface area (Å²) in [7, 11) is 0. The summed E-state index contributed by atoms with van der Waals surface area (Å²) >= 11 is 18.0. The summed E-state index contributed by atoms with van der Waals surface area (Å²) in [6.45, 7) is 1.80. The second-order valence-electron chi connectivity index (χ2n) is 4.88. The maximum atomic E-state index is 11.8. The van der Waals surface area contributed by atoms with Gasteiger partial charge >= 0.3 is 0 Å². The SMILES string of the molecule is CCOc1cc(Cl)c(Cl)c(/C=N\NC(=O)COc2ccccc2Cl)c1O. The van der Waals surface area contributed by atoms with Crippen molar-refractivity contribution in [2.45, 2.75) is 6.92 Å². The Bertz CT molecular complexity index is 828. The van der Waals surface area contributed by atoms with Crippen molar-refractivity contribution >= 4 is 46.9 Å². The molecule has 2 N–H and O–H groups in total. The van der Waals surface area contributed by atoms with E-state index in [2.05, 4.69) is 10.5 Å². The molecular formula is C17H15Cl3N2O4. The number of para-hydroxylation sites is 1. The standard InChI is InChI=1S/C17H15Cl3N2O4/c1-2-25-14-7-12(19)16(20)10(17(14)24)8-21-22-15(23)9-26-13-6-4-3-5-11(13)18/h3-8,24H,2,9H2,1H3,(H,22,23)/b21-8-. The van der Waals surface area contributed by atoms with Gasteiger partial charge in [-0.15, -0.1) is 0 Å². The van der Waals surface area contributed by atoms with E-state index in [1.807, 2.05) is 0 Å². The molecule has 0 aromatic heterocycles. The first-order chi connectivity index (χ1) is 12.4. The number of amides is 1. The zero-order chi connectivity index (χ0) is 19.1. The fourth-order valence-electron chi connectivity index (χ4n) is 1.90. The predicted octanol–water partition coefficient (Wildman–Crippen LogP) is 4.28. The van der Waals surface area contributed by atoms with Gasteiger partial charge in [-0.05, 0) is 19.1 Å². The van der Waals surface area contributed by atoms with E-state index < -0.39 is 5.91 Å². The van der Waals surface area contributed by atoms with Crippen LogP contribution in [0.2, 0.25) is 15.1 Å². The van der Waals surface area contributed by atoms with E-state index in [1.54, 1.807) is 31.2 Å². The van der Waals surface area contributed by atoms with Gasteiger partial charge in [0, 0.05) is 6.07 Å². The fraction of sp³-hybridized carbons (Fsp3) is 0.176. The Morgan fingerprint density at radius 3 is 2.62 bits per heavy atom. The number of phenolic OH excluding ortho intramolecular Hbond substituents is 1. The lowest BCUT2D eigenvalue weighted by Gasteiger charge is -2.11. The molecule has 0 radical (unpaired) electrons. The Kier molecular flexibility index (Phi) is 7.38. The van der Waals surface area contributed by atoms with Gasteiger partial charge in [-0.2, -0.15) is 5.10 Å². The van der Waals surface area contributed by atoms with Gasteiger partial charge in [0.1, 0.15) is 5.75 Å². The molecule has 0 aliphatic carbocycles. The third-order valence-corrected chi connectivity index (χ3v) is 4.18. The van der Waals surface area contributed by atoms with Gasteiger partial charge in [0.25, 0.3) is 5.91 Å². The molecular weight excluding hydrogens is 403 g/mol. The van der Waals surface area contributed by atoms with Crippen molar-refractivity contribution in [1.29, 1.82) is 0 Å². The summed E-state index contributed by atoms with van der Waals surface area (Å²) in [4.78, 5) is 11.8. The van der Waals surface area contributed by atoms with Crippen LogP contribution >= 0.6 is 34.8 Å². The van der Waals surface area contributed by atoms with E-state index in [1.165, 1.54) is 12.3 Å². The van der Waals surface area contributed by atoms with Crippen molar-refractivity contribution in [3.63, 3.8) is 0 Å². The molecule has 0 heterocycles.